The molecule has 1 saturated heterocycles. The van der Waals surface area contributed by atoms with Crippen LogP contribution in [0.4, 0.5) is 5.69 Å². The van der Waals surface area contributed by atoms with E-state index in [1.807, 2.05) is 24.3 Å². The van der Waals surface area contributed by atoms with Crippen molar-refractivity contribution < 1.29 is 13.2 Å². The average molecular weight is 555 g/mol. The summed E-state index contributed by atoms with van der Waals surface area (Å²) in [5.74, 6) is -0.0863. The van der Waals surface area contributed by atoms with E-state index in [9.17, 15) is 13.2 Å². The van der Waals surface area contributed by atoms with Crippen molar-refractivity contribution in [2.75, 3.05) is 30.9 Å². The van der Waals surface area contributed by atoms with Crippen molar-refractivity contribution in [3.63, 3.8) is 0 Å². The van der Waals surface area contributed by atoms with Crippen LogP contribution in [-0.4, -0.2) is 55.3 Å². The number of amides is 1. The molecule has 10 heteroatoms. The highest BCUT2D eigenvalue weighted by molar-refractivity contribution is 7.93. The van der Waals surface area contributed by atoms with Gasteiger partial charge in [-0.2, -0.15) is 0 Å². The number of carbonyl (C=O) groups is 1. The number of aromatic nitrogens is 1. The van der Waals surface area contributed by atoms with Crippen molar-refractivity contribution >= 4 is 55.7 Å². The molecule has 0 spiro atoms. The Morgan fingerprint density at radius 3 is 2.38 bits per heavy atom. The third kappa shape index (κ3) is 5.72. The molecular weight excluding hydrogens is 531 g/mol. The summed E-state index contributed by atoms with van der Waals surface area (Å²) < 4.78 is 28.7. The van der Waals surface area contributed by atoms with Gasteiger partial charge in [-0.3, -0.25) is 19.4 Å². The zero-order chi connectivity index (χ0) is 26.0. The second kappa shape index (κ2) is 10.7. The van der Waals surface area contributed by atoms with Crippen LogP contribution < -0.4 is 4.72 Å². The molecule has 1 fully saturated rings. The van der Waals surface area contributed by atoms with Gasteiger partial charge in [0.25, 0.3) is 15.9 Å². The first kappa shape index (κ1) is 25.5. The number of hydrogen-bond acceptors (Lipinski definition) is 5. The number of fused-ring (bicyclic) bond motifs is 1. The number of anilines is 1. The number of halogens is 2. The van der Waals surface area contributed by atoms with E-state index in [0.717, 1.165) is 24.0 Å². The molecule has 3 aromatic carbocycles. The summed E-state index contributed by atoms with van der Waals surface area (Å²) in [7, 11) is -3.86. The van der Waals surface area contributed by atoms with Crippen LogP contribution in [0.3, 0.4) is 0 Å². The monoisotopic (exact) mass is 554 g/mol. The molecule has 0 atom stereocenters. The fourth-order valence-corrected chi connectivity index (χ4v) is 6.07. The van der Waals surface area contributed by atoms with Gasteiger partial charge >= 0.3 is 0 Å². The highest BCUT2D eigenvalue weighted by atomic mass is 35.5. The van der Waals surface area contributed by atoms with Crippen molar-refractivity contribution in [1.29, 1.82) is 0 Å². The summed E-state index contributed by atoms with van der Waals surface area (Å²) in [6, 6.07) is 20.6. The molecule has 37 heavy (non-hydrogen) atoms. The zero-order valence-corrected chi connectivity index (χ0v) is 22.1. The standard InChI is InChI=1S/C27H24Cl2N4O3S/c28-22-9-6-21(24(29)17-22)18-32-13-15-33(16-14-32)27(34)20-7-10-23(11-8-20)31-37(35,36)25-5-1-3-19-4-2-12-30-26(19)25/h1-12,17,31H,13-16,18H2. The molecule has 7 nitrogen and oxygen atoms in total. The van der Waals surface area contributed by atoms with Gasteiger partial charge in [-0.1, -0.05) is 47.5 Å². The number of benzene rings is 3. The Balaban J connectivity index is 1.21. The van der Waals surface area contributed by atoms with E-state index in [0.29, 0.717) is 46.4 Å². The fraction of sp³-hybridized carbons (Fsp3) is 0.185. The number of carbonyl (C=O) groups excluding carboxylic acids is 1. The molecule has 2 heterocycles. The van der Waals surface area contributed by atoms with Crippen molar-refractivity contribution in [2.45, 2.75) is 11.4 Å². The quantitative estimate of drug-likeness (QED) is 0.349. The number of para-hydroxylation sites is 1. The molecule has 0 aliphatic carbocycles. The first-order valence-electron chi connectivity index (χ1n) is 11.7. The molecule has 4 aromatic rings. The third-order valence-corrected chi connectivity index (χ3v) is 8.34. The van der Waals surface area contributed by atoms with Gasteiger partial charge < -0.3 is 4.90 Å². The largest absolute Gasteiger partial charge is 0.336 e. The van der Waals surface area contributed by atoms with Crippen LogP contribution in [0.15, 0.2) is 83.9 Å². The van der Waals surface area contributed by atoms with Gasteiger partial charge in [0, 0.05) is 65.6 Å². The van der Waals surface area contributed by atoms with Gasteiger partial charge in [-0.15, -0.1) is 0 Å². The van der Waals surface area contributed by atoms with Gasteiger partial charge in [0.05, 0.1) is 5.52 Å². The number of nitrogens with one attached hydrogen (secondary N) is 1. The van der Waals surface area contributed by atoms with Crippen molar-refractivity contribution in [3.05, 3.63) is 100 Å². The van der Waals surface area contributed by atoms with Crippen LogP contribution in [0, 0.1) is 0 Å². The molecule has 0 unspecified atom stereocenters. The van der Waals surface area contributed by atoms with Gasteiger partial charge in [0.1, 0.15) is 4.90 Å². The van der Waals surface area contributed by atoms with Crippen LogP contribution in [0.1, 0.15) is 15.9 Å². The molecule has 1 aliphatic rings. The first-order chi connectivity index (χ1) is 17.8. The number of hydrogen-bond donors (Lipinski definition) is 1. The molecule has 0 bridgehead atoms. The lowest BCUT2D eigenvalue weighted by Crippen LogP contribution is -2.48. The molecule has 1 aliphatic heterocycles. The normalized spacial score (nSPS) is 14.6. The fourth-order valence-electron chi connectivity index (χ4n) is 4.37. The molecule has 1 amide bonds. The molecule has 0 radical (unpaired) electrons. The van der Waals surface area contributed by atoms with Crippen LogP contribution in [0.25, 0.3) is 10.9 Å². The molecule has 0 saturated carbocycles. The van der Waals surface area contributed by atoms with Crippen molar-refractivity contribution in [1.82, 2.24) is 14.8 Å². The minimum Gasteiger partial charge on any atom is -0.336 e. The summed E-state index contributed by atoms with van der Waals surface area (Å²) in [4.78, 5) is 21.4. The zero-order valence-electron chi connectivity index (χ0n) is 19.8. The molecular formula is C27H24Cl2N4O3S. The average Bonchev–Trinajstić information content (AvgIpc) is 2.90. The summed E-state index contributed by atoms with van der Waals surface area (Å²) in [6.07, 6.45) is 1.56. The highest BCUT2D eigenvalue weighted by Crippen LogP contribution is 2.25. The van der Waals surface area contributed by atoms with E-state index in [-0.39, 0.29) is 10.8 Å². The summed E-state index contributed by atoms with van der Waals surface area (Å²) in [5.41, 5.74) is 2.28. The minimum absolute atomic E-state index is 0.0863. The van der Waals surface area contributed by atoms with Crippen LogP contribution in [-0.2, 0) is 16.6 Å². The lowest BCUT2D eigenvalue weighted by Gasteiger charge is -2.35. The molecule has 190 valence electrons. The van der Waals surface area contributed by atoms with Gasteiger partial charge in [-0.05, 0) is 54.1 Å². The predicted molar refractivity (Wildman–Crippen MR) is 147 cm³/mol. The minimum atomic E-state index is -3.86. The van der Waals surface area contributed by atoms with E-state index in [1.54, 1.807) is 53.6 Å². The Morgan fingerprint density at radius 1 is 0.919 bits per heavy atom. The van der Waals surface area contributed by atoms with E-state index >= 15 is 0 Å². The maximum Gasteiger partial charge on any atom is 0.264 e. The van der Waals surface area contributed by atoms with Crippen LogP contribution in [0.5, 0.6) is 0 Å². The maximum absolute atomic E-state index is 13.0. The maximum atomic E-state index is 13.0. The predicted octanol–water partition coefficient (Wildman–Crippen LogP) is 5.30. The Morgan fingerprint density at radius 2 is 1.65 bits per heavy atom. The smallest absolute Gasteiger partial charge is 0.264 e. The van der Waals surface area contributed by atoms with E-state index in [1.165, 1.54) is 6.07 Å². The second-order valence-corrected chi connectivity index (χ2v) is 11.3. The molecule has 1 N–H and O–H groups in total. The Hall–Kier alpha value is -3.17. The highest BCUT2D eigenvalue weighted by Gasteiger charge is 2.23. The van der Waals surface area contributed by atoms with Crippen LogP contribution in [0.2, 0.25) is 10.0 Å². The Kier molecular flexibility index (Phi) is 7.35. The third-order valence-electron chi connectivity index (χ3n) is 6.34. The summed E-state index contributed by atoms with van der Waals surface area (Å²) >= 11 is 12.3. The van der Waals surface area contributed by atoms with Crippen molar-refractivity contribution in [3.8, 4) is 0 Å². The second-order valence-electron chi connectivity index (χ2n) is 8.82. The van der Waals surface area contributed by atoms with Gasteiger partial charge in [-0.25, -0.2) is 8.42 Å². The number of rotatable bonds is 6. The Bertz CT molecular complexity index is 1550. The lowest BCUT2D eigenvalue weighted by atomic mass is 10.1. The van der Waals surface area contributed by atoms with Gasteiger partial charge in [0.15, 0.2) is 0 Å². The Labute approximate surface area is 225 Å². The van der Waals surface area contributed by atoms with Crippen LogP contribution >= 0.6 is 23.2 Å². The number of pyridine rings is 1. The SMILES string of the molecule is O=C(c1ccc(NS(=O)(=O)c2cccc3cccnc23)cc1)N1CCN(Cc2ccc(Cl)cc2Cl)CC1. The summed E-state index contributed by atoms with van der Waals surface area (Å²) in [6.45, 7) is 3.32. The van der Waals surface area contributed by atoms with E-state index < -0.39 is 10.0 Å². The molecule has 5 rings (SSSR count). The summed E-state index contributed by atoms with van der Waals surface area (Å²) in [5, 5.41) is 1.98. The van der Waals surface area contributed by atoms with E-state index in [2.05, 4.69) is 14.6 Å². The number of nitrogens with zero attached hydrogens (tertiary/aromatic N) is 3. The lowest BCUT2D eigenvalue weighted by molar-refractivity contribution is 0.0628. The molecule has 1 aromatic heterocycles. The number of sulfonamides is 1. The number of piperazine rings is 1. The van der Waals surface area contributed by atoms with Crippen molar-refractivity contribution in [2.24, 2.45) is 0 Å². The first-order valence-corrected chi connectivity index (χ1v) is 14.0. The topological polar surface area (TPSA) is 82.6 Å². The van der Waals surface area contributed by atoms with E-state index in [4.69, 9.17) is 23.2 Å². The van der Waals surface area contributed by atoms with Gasteiger partial charge in [0.2, 0.25) is 0 Å².